The van der Waals surface area contributed by atoms with E-state index in [1.165, 1.54) is 0 Å². The van der Waals surface area contributed by atoms with Crippen LogP contribution in [0.25, 0.3) is 11.3 Å². The summed E-state index contributed by atoms with van der Waals surface area (Å²) in [6, 6.07) is 15.6. The topological polar surface area (TPSA) is 77.5 Å². The Hall–Kier alpha value is -2.92. The van der Waals surface area contributed by atoms with Crippen LogP contribution >= 0.6 is 11.6 Å². The first-order chi connectivity index (χ1) is 11.6. The van der Waals surface area contributed by atoms with Crippen molar-refractivity contribution in [3.05, 3.63) is 65.4 Å². The number of methoxy groups -OCH3 is 1. The maximum Gasteiger partial charge on any atom is 0.291 e. The average molecular weight is 343 g/mol. The van der Waals surface area contributed by atoms with Gasteiger partial charge in [0.15, 0.2) is 5.76 Å². The van der Waals surface area contributed by atoms with Crippen molar-refractivity contribution in [1.29, 1.82) is 0 Å². The second-order valence-corrected chi connectivity index (χ2v) is 5.46. The van der Waals surface area contributed by atoms with Crippen LogP contribution in [-0.2, 0) is 0 Å². The largest absolute Gasteiger partial charge is 0.497 e. The molecule has 0 atom stereocenters. The summed E-state index contributed by atoms with van der Waals surface area (Å²) in [5, 5.41) is 3.26. The second kappa shape index (κ2) is 6.68. The summed E-state index contributed by atoms with van der Waals surface area (Å²) in [4.78, 5) is 12.3. The molecule has 0 fully saturated rings. The standard InChI is InChI=1S/C18H15ClN2O3/c1-23-11-6-7-15(14(20)10-11)21-18(22)17-9-8-16(24-17)12-4-2-3-5-13(12)19/h2-10H,20H2,1H3,(H,21,22). The molecule has 0 aliphatic carbocycles. The van der Waals surface area contributed by atoms with Crippen molar-refractivity contribution in [2.75, 3.05) is 18.2 Å². The number of hydrogen-bond acceptors (Lipinski definition) is 4. The van der Waals surface area contributed by atoms with Crippen molar-refractivity contribution in [2.24, 2.45) is 0 Å². The lowest BCUT2D eigenvalue weighted by Gasteiger charge is -2.08. The molecule has 0 unspecified atom stereocenters. The third-order valence-electron chi connectivity index (χ3n) is 3.48. The molecule has 3 N–H and O–H groups in total. The number of carbonyl (C=O) groups is 1. The second-order valence-electron chi connectivity index (χ2n) is 5.05. The van der Waals surface area contributed by atoms with Crippen LogP contribution in [0.2, 0.25) is 5.02 Å². The van der Waals surface area contributed by atoms with Crippen LogP contribution in [0, 0.1) is 0 Å². The fourth-order valence-corrected chi connectivity index (χ4v) is 2.46. The van der Waals surface area contributed by atoms with Gasteiger partial charge in [-0.2, -0.15) is 0 Å². The summed E-state index contributed by atoms with van der Waals surface area (Å²) in [5.41, 5.74) is 7.51. The van der Waals surface area contributed by atoms with E-state index in [0.717, 1.165) is 5.56 Å². The van der Waals surface area contributed by atoms with Gasteiger partial charge in [0, 0.05) is 11.6 Å². The third-order valence-corrected chi connectivity index (χ3v) is 3.81. The minimum atomic E-state index is -0.398. The number of benzene rings is 2. The van der Waals surface area contributed by atoms with Crippen LogP contribution in [0.1, 0.15) is 10.6 Å². The molecule has 24 heavy (non-hydrogen) atoms. The van der Waals surface area contributed by atoms with Gasteiger partial charge in [-0.1, -0.05) is 23.7 Å². The van der Waals surface area contributed by atoms with Crippen molar-refractivity contribution in [3.8, 4) is 17.1 Å². The summed E-state index contributed by atoms with van der Waals surface area (Å²) >= 11 is 6.14. The van der Waals surface area contributed by atoms with E-state index in [-0.39, 0.29) is 5.76 Å². The first kappa shape index (κ1) is 16.0. The van der Waals surface area contributed by atoms with Crippen molar-refractivity contribution < 1.29 is 13.9 Å². The van der Waals surface area contributed by atoms with Gasteiger partial charge in [-0.15, -0.1) is 0 Å². The van der Waals surface area contributed by atoms with Crippen molar-refractivity contribution in [1.82, 2.24) is 0 Å². The van der Waals surface area contributed by atoms with E-state index in [2.05, 4.69) is 5.32 Å². The maximum absolute atomic E-state index is 12.3. The lowest BCUT2D eigenvalue weighted by atomic mass is 10.2. The fraction of sp³-hybridized carbons (Fsp3) is 0.0556. The monoisotopic (exact) mass is 342 g/mol. The number of carbonyl (C=O) groups excluding carboxylic acids is 1. The highest BCUT2D eigenvalue weighted by molar-refractivity contribution is 6.33. The molecular weight excluding hydrogens is 328 g/mol. The van der Waals surface area contributed by atoms with E-state index in [4.69, 9.17) is 26.5 Å². The molecule has 0 radical (unpaired) electrons. The SMILES string of the molecule is COc1ccc(NC(=O)c2ccc(-c3ccccc3Cl)o2)c(N)c1. The first-order valence-electron chi connectivity index (χ1n) is 7.18. The number of ether oxygens (including phenoxy) is 1. The van der Waals surface area contributed by atoms with Crippen molar-refractivity contribution >= 4 is 28.9 Å². The molecule has 3 aromatic rings. The Morgan fingerprint density at radius 3 is 2.67 bits per heavy atom. The number of nitrogens with one attached hydrogen (secondary N) is 1. The molecule has 3 rings (SSSR count). The number of hydrogen-bond donors (Lipinski definition) is 2. The Morgan fingerprint density at radius 2 is 1.96 bits per heavy atom. The van der Waals surface area contributed by atoms with Gasteiger partial charge in [-0.25, -0.2) is 0 Å². The van der Waals surface area contributed by atoms with Crippen LogP contribution < -0.4 is 15.8 Å². The number of amides is 1. The molecule has 0 spiro atoms. The molecule has 122 valence electrons. The van der Waals surface area contributed by atoms with Crippen LogP contribution in [-0.4, -0.2) is 13.0 Å². The normalized spacial score (nSPS) is 10.4. The lowest BCUT2D eigenvalue weighted by Crippen LogP contribution is -2.12. The van der Waals surface area contributed by atoms with Gasteiger partial charge >= 0.3 is 0 Å². The molecule has 2 aromatic carbocycles. The summed E-state index contributed by atoms with van der Waals surface area (Å²) in [7, 11) is 1.55. The zero-order chi connectivity index (χ0) is 17.1. The predicted octanol–water partition coefficient (Wildman–Crippen LogP) is 4.44. The molecule has 1 heterocycles. The fourth-order valence-electron chi connectivity index (χ4n) is 2.23. The number of rotatable bonds is 4. The number of anilines is 2. The minimum Gasteiger partial charge on any atom is -0.497 e. The van der Waals surface area contributed by atoms with Gasteiger partial charge in [0.05, 0.1) is 23.5 Å². The Kier molecular flexibility index (Phi) is 4.44. The van der Waals surface area contributed by atoms with Crippen molar-refractivity contribution in [2.45, 2.75) is 0 Å². The summed E-state index contributed by atoms with van der Waals surface area (Å²) in [6.07, 6.45) is 0. The van der Waals surface area contributed by atoms with E-state index in [9.17, 15) is 4.79 Å². The Morgan fingerprint density at radius 1 is 1.17 bits per heavy atom. The van der Waals surface area contributed by atoms with E-state index in [0.29, 0.717) is 27.9 Å². The van der Waals surface area contributed by atoms with Gasteiger partial charge in [-0.05, 0) is 36.4 Å². The molecule has 6 heteroatoms. The molecule has 0 bridgehead atoms. The quantitative estimate of drug-likeness (QED) is 0.687. The smallest absolute Gasteiger partial charge is 0.291 e. The third kappa shape index (κ3) is 3.21. The molecule has 0 saturated carbocycles. The highest BCUT2D eigenvalue weighted by Crippen LogP contribution is 2.30. The van der Waals surface area contributed by atoms with Crippen molar-refractivity contribution in [3.63, 3.8) is 0 Å². The molecule has 0 saturated heterocycles. The maximum atomic E-state index is 12.3. The van der Waals surface area contributed by atoms with Crippen LogP contribution in [0.4, 0.5) is 11.4 Å². The average Bonchev–Trinajstić information content (AvgIpc) is 3.07. The molecule has 0 aliphatic heterocycles. The lowest BCUT2D eigenvalue weighted by molar-refractivity contribution is 0.0997. The summed E-state index contributed by atoms with van der Waals surface area (Å²) < 4.78 is 10.7. The van der Waals surface area contributed by atoms with E-state index >= 15 is 0 Å². The Bertz CT molecular complexity index is 889. The van der Waals surface area contributed by atoms with Crippen LogP contribution in [0.3, 0.4) is 0 Å². The minimum absolute atomic E-state index is 0.167. The summed E-state index contributed by atoms with van der Waals surface area (Å²) in [6.45, 7) is 0. The Balaban J connectivity index is 1.81. The van der Waals surface area contributed by atoms with Crippen LogP contribution in [0.15, 0.2) is 59.0 Å². The van der Waals surface area contributed by atoms with Gasteiger partial charge < -0.3 is 20.2 Å². The number of nitrogens with two attached hydrogens (primary N) is 1. The number of furan rings is 1. The van der Waals surface area contributed by atoms with Gasteiger partial charge in [-0.3, -0.25) is 4.79 Å². The first-order valence-corrected chi connectivity index (χ1v) is 7.56. The molecule has 1 aromatic heterocycles. The van der Waals surface area contributed by atoms with Crippen LogP contribution in [0.5, 0.6) is 5.75 Å². The zero-order valence-corrected chi connectivity index (χ0v) is 13.6. The zero-order valence-electron chi connectivity index (χ0n) is 12.9. The highest BCUT2D eigenvalue weighted by atomic mass is 35.5. The molecule has 5 nitrogen and oxygen atoms in total. The predicted molar refractivity (Wildman–Crippen MR) is 94.5 cm³/mol. The molecular formula is C18H15ClN2O3. The van der Waals surface area contributed by atoms with Gasteiger partial charge in [0.25, 0.3) is 5.91 Å². The summed E-state index contributed by atoms with van der Waals surface area (Å²) in [5.74, 6) is 0.906. The Labute approximate surface area is 144 Å². The van der Waals surface area contributed by atoms with E-state index in [1.54, 1.807) is 43.5 Å². The van der Waals surface area contributed by atoms with Gasteiger partial charge in [0.1, 0.15) is 11.5 Å². The van der Waals surface area contributed by atoms with E-state index < -0.39 is 5.91 Å². The highest BCUT2D eigenvalue weighted by Gasteiger charge is 2.15. The number of nitrogen functional groups attached to an aromatic ring is 1. The molecule has 0 aliphatic rings. The molecule has 1 amide bonds. The van der Waals surface area contributed by atoms with Gasteiger partial charge in [0.2, 0.25) is 0 Å². The number of halogens is 1. The van der Waals surface area contributed by atoms with E-state index in [1.807, 2.05) is 18.2 Å².